The van der Waals surface area contributed by atoms with Crippen molar-refractivity contribution in [1.82, 2.24) is 9.55 Å². The predicted octanol–water partition coefficient (Wildman–Crippen LogP) is 2.15. The first-order chi connectivity index (χ1) is 10.6. The molecule has 1 aliphatic rings. The van der Waals surface area contributed by atoms with Crippen molar-refractivity contribution in [2.45, 2.75) is 38.9 Å². The van der Waals surface area contributed by atoms with Crippen molar-refractivity contribution in [3.63, 3.8) is 0 Å². The summed E-state index contributed by atoms with van der Waals surface area (Å²) in [5.74, 6) is 0.224. The van der Waals surface area contributed by atoms with Crippen molar-refractivity contribution in [3.05, 3.63) is 23.2 Å². The second-order valence-electron chi connectivity index (χ2n) is 6.56. The number of imidazole rings is 1. The number of hydrogen-bond acceptors (Lipinski definition) is 6. The number of rotatable bonds is 4. The van der Waals surface area contributed by atoms with Crippen LogP contribution in [0.2, 0.25) is 0 Å². The van der Waals surface area contributed by atoms with Gasteiger partial charge >= 0.3 is 13.1 Å². The quantitative estimate of drug-likeness (QED) is 0.518. The number of esters is 1. The van der Waals surface area contributed by atoms with Gasteiger partial charge in [-0.1, -0.05) is 0 Å². The molecule has 0 unspecified atom stereocenters. The van der Waals surface area contributed by atoms with Crippen LogP contribution in [0.15, 0.2) is 11.7 Å². The lowest BCUT2D eigenvalue weighted by Gasteiger charge is -2.32. The molecular weight excluding hydrogens is 315 g/mol. The Bertz CT molecular complexity index is 623. The van der Waals surface area contributed by atoms with Gasteiger partial charge in [0, 0.05) is 19.0 Å². The molecule has 0 atom stereocenters. The molecule has 0 aliphatic carbocycles. The fraction of sp³-hybridized carbons (Fsp3) is 0.600. The molecule has 1 aliphatic heterocycles. The maximum Gasteiger partial charge on any atom is 0.491 e. The molecule has 126 valence electrons. The van der Waals surface area contributed by atoms with Crippen molar-refractivity contribution >= 4 is 31.8 Å². The van der Waals surface area contributed by atoms with E-state index in [0.29, 0.717) is 11.4 Å². The van der Waals surface area contributed by atoms with E-state index in [-0.39, 0.29) is 5.82 Å². The monoisotopic (exact) mass is 338 g/mol. The first-order valence-electron chi connectivity index (χ1n) is 7.40. The van der Waals surface area contributed by atoms with Crippen molar-refractivity contribution in [2.75, 3.05) is 12.9 Å². The van der Waals surface area contributed by atoms with Gasteiger partial charge in [0.25, 0.3) is 0 Å². The molecule has 23 heavy (non-hydrogen) atoms. The lowest BCUT2D eigenvalue weighted by molar-refractivity contribution is 0.00578. The largest absolute Gasteiger partial charge is 0.491 e. The van der Waals surface area contributed by atoms with Gasteiger partial charge in [0.1, 0.15) is 0 Å². The van der Waals surface area contributed by atoms with Crippen molar-refractivity contribution in [2.24, 2.45) is 7.05 Å². The molecule has 0 spiro atoms. The van der Waals surface area contributed by atoms with E-state index in [1.54, 1.807) is 17.8 Å². The van der Waals surface area contributed by atoms with Crippen LogP contribution in [0, 0.1) is 0 Å². The maximum absolute atomic E-state index is 11.6. The third-order valence-corrected chi connectivity index (χ3v) is 4.70. The second-order valence-corrected chi connectivity index (χ2v) is 6.87. The van der Waals surface area contributed by atoms with Crippen molar-refractivity contribution in [3.8, 4) is 0 Å². The number of methoxy groups -OCH3 is 1. The van der Waals surface area contributed by atoms with Crippen molar-refractivity contribution in [1.29, 1.82) is 0 Å². The van der Waals surface area contributed by atoms with Gasteiger partial charge in [-0.25, -0.2) is 9.78 Å². The van der Waals surface area contributed by atoms with E-state index in [1.165, 1.54) is 7.11 Å². The Hall–Kier alpha value is -1.25. The molecule has 0 radical (unpaired) electrons. The zero-order valence-corrected chi connectivity index (χ0v) is 15.3. The highest BCUT2D eigenvalue weighted by Crippen LogP contribution is 2.38. The third-order valence-electron chi connectivity index (χ3n) is 4.33. The highest BCUT2D eigenvalue weighted by molar-refractivity contribution is 7.80. The summed E-state index contributed by atoms with van der Waals surface area (Å²) in [6, 6.07) is 0. The molecule has 2 heterocycles. The van der Waals surface area contributed by atoms with Gasteiger partial charge in [0.2, 0.25) is 5.82 Å². The number of thiol groups is 1. The smallest absolute Gasteiger partial charge is 0.463 e. The molecule has 1 fully saturated rings. The zero-order valence-electron chi connectivity index (χ0n) is 14.4. The Morgan fingerprint density at radius 3 is 2.43 bits per heavy atom. The van der Waals surface area contributed by atoms with E-state index in [0.717, 1.165) is 5.47 Å². The van der Waals surface area contributed by atoms with Crippen LogP contribution in [-0.4, -0.2) is 46.7 Å². The van der Waals surface area contributed by atoms with Crippen LogP contribution in [0.4, 0.5) is 0 Å². The summed E-state index contributed by atoms with van der Waals surface area (Å²) in [5, 5.41) is 0. The van der Waals surface area contributed by atoms with Crippen LogP contribution in [0.5, 0.6) is 0 Å². The summed E-state index contributed by atoms with van der Waals surface area (Å²) < 4.78 is 18.4. The number of carbonyl (C=O) groups excluding carboxylic acids is 1. The van der Waals surface area contributed by atoms with Gasteiger partial charge in [-0.3, -0.25) is 0 Å². The normalized spacial score (nSPS) is 20.0. The Morgan fingerprint density at radius 2 is 1.96 bits per heavy atom. The number of aryl methyl sites for hydroxylation is 1. The van der Waals surface area contributed by atoms with Crippen molar-refractivity contribution < 1.29 is 18.8 Å². The van der Waals surface area contributed by atoms with E-state index in [1.807, 2.05) is 33.8 Å². The second kappa shape index (κ2) is 6.34. The zero-order chi connectivity index (χ0) is 17.4. The van der Waals surface area contributed by atoms with E-state index < -0.39 is 24.3 Å². The van der Waals surface area contributed by atoms with E-state index in [9.17, 15) is 4.79 Å². The van der Waals surface area contributed by atoms with Crippen LogP contribution in [0.1, 0.15) is 44.0 Å². The molecule has 1 aromatic rings. The topological polar surface area (TPSA) is 62.6 Å². The van der Waals surface area contributed by atoms with Gasteiger partial charge in [0.15, 0.2) is 0 Å². The van der Waals surface area contributed by atoms with Crippen LogP contribution < -0.4 is 0 Å². The number of aromatic nitrogens is 2. The molecule has 6 nitrogen and oxygen atoms in total. The first kappa shape index (κ1) is 18.1. The predicted molar refractivity (Wildman–Crippen MR) is 92.5 cm³/mol. The maximum atomic E-state index is 11.6. The molecule has 2 rings (SSSR count). The summed E-state index contributed by atoms with van der Waals surface area (Å²) in [4.78, 5) is 15.9. The van der Waals surface area contributed by atoms with Crippen LogP contribution >= 0.6 is 12.6 Å². The summed E-state index contributed by atoms with van der Waals surface area (Å²) in [5.41, 5.74) is 0.648. The molecule has 8 heteroatoms. The highest BCUT2D eigenvalue weighted by atomic mass is 32.1. The van der Waals surface area contributed by atoms with E-state index in [4.69, 9.17) is 14.0 Å². The molecule has 1 saturated heterocycles. The minimum atomic E-state index is -0.485. The summed E-state index contributed by atoms with van der Waals surface area (Å²) >= 11 is 4.37. The highest BCUT2D eigenvalue weighted by Gasteiger charge is 2.52. The van der Waals surface area contributed by atoms with Gasteiger partial charge in [-0.05, 0) is 39.2 Å². The van der Waals surface area contributed by atoms with E-state index in [2.05, 4.69) is 17.6 Å². The standard InChI is InChI=1S/C15H23BN2O4S/c1-14(2)15(3,4)22-16(21-14)10(9-23)7-11-8-18(5)12(17-11)13(19)20-6/h7-8,23H,9H2,1-6H3. The third kappa shape index (κ3) is 3.49. The number of nitrogens with zero attached hydrogens (tertiary/aromatic N) is 2. The van der Waals surface area contributed by atoms with Gasteiger partial charge in [0.05, 0.1) is 24.0 Å². The molecule has 0 N–H and O–H groups in total. The lowest BCUT2D eigenvalue weighted by atomic mass is 9.79. The summed E-state index contributed by atoms with van der Waals surface area (Å²) in [6.45, 7) is 8.00. The van der Waals surface area contributed by atoms with E-state index >= 15 is 0 Å². The molecule has 0 aromatic carbocycles. The van der Waals surface area contributed by atoms with Crippen LogP contribution in [0.25, 0.3) is 6.08 Å². The Morgan fingerprint density at radius 1 is 1.39 bits per heavy atom. The minimum Gasteiger partial charge on any atom is -0.463 e. The lowest BCUT2D eigenvalue weighted by Crippen LogP contribution is -2.41. The minimum absolute atomic E-state index is 0.242. The average molecular weight is 338 g/mol. The fourth-order valence-electron chi connectivity index (χ4n) is 2.21. The average Bonchev–Trinajstić information content (AvgIpc) is 2.92. The SMILES string of the molecule is COC(=O)c1nc(C=C(CS)B2OC(C)(C)C(C)(C)O2)cn1C. The van der Waals surface area contributed by atoms with Gasteiger partial charge in [-0.2, -0.15) is 12.6 Å². The molecule has 0 saturated carbocycles. The number of hydrogen-bond donors (Lipinski definition) is 1. The molecule has 0 amide bonds. The first-order valence-corrected chi connectivity index (χ1v) is 8.03. The molecular formula is C15H23BN2O4S. The Balaban J connectivity index is 2.29. The Labute approximate surface area is 142 Å². The number of carbonyl (C=O) groups is 1. The van der Waals surface area contributed by atoms with Crippen LogP contribution in [-0.2, 0) is 21.1 Å². The van der Waals surface area contributed by atoms with Gasteiger partial charge in [-0.15, -0.1) is 0 Å². The number of ether oxygens (including phenoxy) is 1. The summed E-state index contributed by atoms with van der Waals surface area (Å²) in [6.07, 6.45) is 3.59. The molecule has 0 bridgehead atoms. The molecule has 1 aromatic heterocycles. The fourth-order valence-corrected chi connectivity index (χ4v) is 2.45. The van der Waals surface area contributed by atoms with Gasteiger partial charge < -0.3 is 18.6 Å². The van der Waals surface area contributed by atoms with Crippen LogP contribution in [0.3, 0.4) is 0 Å². The summed E-state index contributed by atoms with van der Waals surface area (Å²) in [7, 11) is 2.59. The Kier molecular flexibility index (Phi) is 4.99.